The van der Waals surface area contributed by atoms with Crippen molar-refractivity contribution in [2.45, 2.75) is 18.9 Å². The second-order valence-corrected chi connectivity index (χ2v) is 2.57. The third-order valence-electron chi connectivity index (χ3n) is 1.66. The van der Waals surface area contributed by atoms with Gasteiger partial charge in [-0.05, 0) is 6.42 Å². The van der Waals surface area contributed by atoms with Crippen LogP contribution in [0.25, 0.3) is 0 Å². The zero-order valence-electron chi connectivity index (χ0n) is 6.04. The van der Waals surface area contributed by atoms with E-state index in [0.717, 1.165) is 13.0 Å². The van der Waals surface area contributed by atoms with Crippen LogP contribution < -0.4 is 5.73 Å². The molecule has 1 fully saturated rings. The van der Waals surface area contributed by atoms with Crippen LogP contribution in [0.2, 0.25) is 0 Å². The van der Waals surface area contributed by atoms with Gasteiger partial charge in [-0.1, -0.05) is 0 Å². The van der Waals surface area contributed by atoms with Gasteiger partial charge < -0.3 is 10.6 Å². The number of amides is 1. The summed E-state index contributed by atoms with van der Waals surface area (Å²) < 4.78 is 0. The van der Waals surface area contributed by atoms with E-state index in [0.29, 0.717) is 6.42 Å². The van der Waals surface area contributed by atoms with Gasteiger partial charge in [-0.3, -0.25) is 4.79 Å². The molecule has 0 aromatic heterocycles. The lowest BCUT2D eigenvalue weighted by Crippen LogP contribution is -2.43. The average molecular weight is 165 g/mol. The molecule has 0 aliphatic carbocycles. The van der Waals surface area contributed by atoms with E-state index in [1.165, 1.54) is 0 Å². The van der Waals surface area contributed by atoms with Crippen LogP contribution in [0.15, 0.2) is 0 Å². The van der Waals surface area contributed by atoms with Crippen LogP contribution in [0.1, 0.15) is 12.8 Å². The molecule has 10 heavy (non-hydrogen) atoms. The van der Waals surface area contributed by atoms with Crippen molar-refractivity contribution >= 4 is 18.3 Å². The predicted octanol–water partition coefficient (Wildman–Crippen LogP) is -0.0123. The van der Waals surface area contributed by atoms with Gasteiger partial charge in [0.15, 0.2) is 0 Å². The summed E-state index contributed by atoms with van der Waals surface area (Å²) in [5, 5.41) is 0. The largest absolute Gasteiger partial charge is 0.344 e. The quantitative estimate of drug-likeness (QED) is 0.548. The van der Waals surface area contributed by atoms with E-state index >= 15 is 0 Å². The van der Waals surface area contributed by atoms with E-state index in [9.17, 15) is 4.79 Å². The molecule has 60 valence electrons. The molecule has 1 atom stereocenters. The normalized spacial score (nSPS) is 26.0. The highest BCUT2D eigenvalue weighted by Crippen LogP contribution is 2.06. The molecule has 1 aliphatic heterocycles. The Morgan fingerprint density at radius 3 is 2.70 bits per heavy atom. The summed E-state index contributed by atoms with van der Waals surface area (Å²) in [5.74, 6) is 0.219. The number of piperidine rings is 1. The van der Waals surface area contributed by atoms with Gasteiger partial charge in [0, 0.05) is 26.1 Å². The Kier molecular flexibility index (Phi) is 3.68. The lowest BCUT2D eigenvalue weighted by atomic mass is 10.1. The van der Waals surface area contributed by atoms with Gasteiger partial charge in [-0.2, -0.15) is 0 Å². The van der Waals surface area contributed by atoms with Crippen molar-refractivity contribution in [1.29, 1.82) is 0 Å². The summed E-state index contributed by atoms with van der Waals surface area (Å²) in [7, 11) is 1.79. The molecular formula is C6H13ClN2O. The Hall–Kier alpha value is -0.280. The van der Waals surface area contributed by atoms with Gasteiger partial charge in [-0.25, -0.2) is 0 Å². The maximum absolute atomic E-state index is 10.8. The summed E-state index contributed by atoms with van der Waals surface area (Å²) in [4.78, 5) is 12.5. The number of hydrogen-bond donors (Lipinski definition) is 1. The minimum Gasteiger partial charge on any atom is -0.344 e. The summed E-state index contributed by atoms with van der Waals surface area (Å²) in [6.07, 6.45) is 1.47. The Bertz CT molecular complexity index is 129. The van der Waals surface area contributed by atoms with Crippen LogP contribution in [0.4, 0.5) is 0 Å². The van der Waals surface area contributed by atoms with Crippen molar-refractivity contribution in [3.05, 3.63) is 0 Å². The van der Waals surface area contributed by atoms with Gasteiger partial charge in [-0.15, -0.1) is 12.4 Å². The lowest BCUT2D eigenvalue weighted by molar-refractivity contribution is -0.132. The molecule has 4 heteroatoms. The first-order valence-corrected chi connectivity index (χ1v) is 3.19. The molecule has 0 radical (unpaired) electrons. The van der Waals surface area contributed by atoms with Crippen LogP contribution in [0.3, 0.4) is 0 Å². The number of halogens is 1. The van der Waals surface area contributed by atoms with Crippen molar-refractivity contribution in [1.82, 2.24) is 4.90 Å². The molecule has 2 N–H and O–H groups in total. The fraction of sp³-hybridized carbons (Fsp3) is 0.833. The minimum absolute atomic E-state index is 0. The van der Waals surface area contributed by atoms with E-state index in [4.69, 9.17) is 5.73 Å². The third kappa shape index (κ3) is 2.15. The number of carbonyl (C=O) groups excluding carboxylic acids is 1. The topological polar surface area (TPSA) is 46.3 Å². The highest BCUT2D eigenvalue weighted by atomic mass is 35.5. The Morgan fingerprint density at radius 2 is 2.30 bits per heavy atom. The Balaban J connectivity index is 0.000000810. The highest BCUT2D eigenvalue weighted by molar-refractivity contribution is 5.85. The first kappa shape index (κ1) is 9.72. The molecule has 0 aromatic carbocycles. The number of rotatable bonds is 0. The molecular weight excluding hydrogens is 152 g/mol. The molecule has 0 saturated carbocycles. The monoisotopic (exact) mass is 164 g/mol. The third-order valence-corrected chi connectivity index (χ3v) is 1.66. The summed E-state index contributed by atoms with van der Waals surface area (Å²) in [6, 6.07) is 0.202. The van der Waals surface area contributed by atoms with E-state index in [1.807, 2.05) is 0 Å². The predicted molar refractivity (Wildman–Crippen MR) is 42.1 cm³/mol. The fourth-order valence-corrected chi connectivity index (χ4v) is 1.04. The van der Waals surface area contributed by atoms with E-state index in [2.05, 4.69) is 0 Å². The number of likely N-dealkylation sites (N-methyl/N-ethyl adjacent to an activating group) is 1. The second kappa shape index (κ2) is 3.78. The molecule has 3 nitrogen and oxygen atoms in total. The molecule has 1 amide bonds. The number of likely N-dealkylation sites (tertiary alicyclic amines) is 1. The molecule has 1 heterocycles. The molecule has 1 rings (SSSR count). The molecule has 0 aromatic rings. The van der Waals surface area contributed by atoms with Gasteiger partial charge in [0.25, 0.3) is 0 Å². The van der Waals surface area contributed by atoms with Crippen molar-refractivity contribution < 1.29 is 4.79 Å². The lowest BCUT2D eigenvalue weighted by Gasteiger charge is -2.26. The standard InChI is InChI=1S/C6H12N2O.ClH/c1-8-4-5(7)2-3-6(8)9;/h5H,2-4,7H2,1H3;1H/t5-;/m1./s1. The van der Waals surface area contributed by atoms with Crippen LogP contribution >= 0.6 is 12.4 Å². The summed E-state index contributed by atoms with van der Waals surface area (Å²) >= 11 is 0. The summed E-state index contributed by atoms with van der Waals surface area (Å²) in [5.41, 5.74) is 5.59. The Labute approximate surface area is 67.0 Å². The smallest absolute Gasteiger partial charge is 0.222 e. The molecule has 1 aliphatic rings. The van der Waals surface area contributed by atoms with Crippen LogP contribution in [0.5, 0.6) is 0 Å². The van der Waals surface area contributed by atoms with Crippen molar-refractivity contribution in [2.24, 2.45) is 5.73 Å². The SMILES string of the molecule is CN1C[C@H](N)CCC1=O.Cl. The van der Waals surface area contributed by atoms with Crippen molar-refractivity contribution in [3.8, 4) is 0 Å². The number of hydrogen-bond acceptors (Lipinski definition) is 2. The molecule has 1 saturated heterocycles. The molecule has 0 bridgehead atoms. The number of nitrogens with two attached hydrogens (primary N) is 1. The van der Waals surface area contributed by atoms with Crippen LogP contribution in [0, 0.1) is 0 Å². The van der Waals surface area contributed by atoms with Gasteiger partial charge in [0.05, 0.1) is 0 Å². The fourth-order valence-electron chi connectivity index (χ4n) is 1.04. The number of nitrogens with zero attached hydrogens (tertiary/aromatic N) is 1. The second-order valence-electron chi connectivity index (χ2n) is 2.57. The zero-order chi connectivity index (χ0) is 6.85. The molecule has 0 unspecified atom stereocenters. The maximum Gasteiger partial charge on any atom is 0.222 e. The van der Waals surface area contributed by atoms with Gasteiger partial charge in [0.1, 0.15) is 0 Å². The van der Waals surface area contributed by atoms with E-state index in [1.54, 1.807) is 11.9 Å². The first-order valence-electron chi connectivity index (χ1n) is 3.19. The average Bonchev–Trinajstić information content (AvgIpc) is 1.80. The van der Waals surface area contributed by atoms with Crippen LogP contribution in [-0.4, -0.2) is 30.4 Å². The van der Waals surface area contributed by atoms with Crippen LogP contribution in [-0.2, 0) is 4.79 Å². The summed E-state index contributed by atoms with van der Waals surface area (Å²) in [6.45, 7) is 0.721. The number of carbonyl (C=O) groups is 1. The van der Waals surface area contributed by atoms with E-state index in [-0.39, 0.29) is 24.4 Å². The Morgan fingerprint density at radius 1 is 1.70 bits per heavy atom. The van der Waals surface area contributed by atoms with E-state index < -0.39 is 0 Å². The van der Waals surface area contributed by atoms with Crippen molar-refractivity contribution in [3.63, 3.8) is 0 Å². The highest BCUT2D eigenvalue weighted by Gasteiger charge is 2.18. The zero-order valence-corrected chi connectivity index (χ0v) is 6.86. The van der Waals surface area contributed by atoms with Gasteiger partial charge in [0.2, 0.25) is 5.91 Å². The molecule has 0 spiro atoms. The van der Waals surface area contributed by atoms with Gasteiger partial charge >= 0.3 is 0 Å². The van der Waals surface area contributed by atoms with Crippen molar-refractivity contribution in [2.75, 3.05) is 13.6 Å². The first-order chi connectivity index (χ1) is 4.20. The maximum atomic E-state index is 10.8. The minimum atomic E-state index is 0.